The zero-order valence-electron chi connectivity index (χ0n) is 11.5. The van der Waals surface area contributed by atoms with Crippen molar-refractivity contribution >= 4 is 22.5 Å². The first kappa shape index (κ1) is 11.8. The van der Waals surface area contributed by atoms with Crippen molar-refractivity contribution in [3.8, 4) is 5.69 Å². The number of halogens is 1. The van der Waals surface area contributed by atoms with Crippen LogP contribution in [-0.4, -0.2) is 14.8 Å². The number of rotatable bonds is 2. The molecule has 3 aromatic rings. The molecule has 0 bridgehead atoms. The van der Waals surface area contributed by atoms with Gasteiger partial charge in [0.2, 0.25) is 0 Å². The Balaban J connectivity index is 1.65. The molecule has 2 saturated carbocycles. The Labute approximate surface area is 127 Å². The number of fused-ring (bicyclic) bond motifs is 1. The first-order chi connectivity index (χ1) is 10.3. The highest BCUT2D eigenvalue weighted by molar-refractivity contribution is 6.29. The molecule has 0 saturated heterocycles. The van der Waals surface area contributed by atoms with Crippen LogP contribution in [0.4, 0.5) is 0 Å². The summed E-state index contributed by atoms with van der Waals surface area (Å²) in [6.45, 7) is 0. The van der Waals surface area contributed by atoms with Gasteiger partial charge in [-0.2, -0.15) is 5.10 Å². The minimum absolute atomic E-state index is 0.492. The second kappa shape index (κ2) is 3.86. The fourth-order valence-corrected chi connectivity index (χ4v) is 3.68. The maximum atomic E-state index is 6.00. The van der Waals surface area contributed by atoms with Crippen LogP contribution in [-0.2, 0) is 0 Å². The highest BCUT2D eigenvalue weighted by Crippen LogP contribution is 2.75. The van der Waals surface area contributed by atoms with Gasteiger partial charge < -0.3 is 0 Å². The third-order valence-corrected chi connectivity index (χ3v) is 5.24. The molecule has 3 nitrogen and oxygen atoms in total. The Kier molecular flexibility index (Phi) is 2.16. The molecule has 2 fully saturated rings. The summed E-state index contributed by atoms with van der Waals surface area (Å²) in [6.07, 6.45) is 7.82. The van der Waals surface area contributed by atoms with Crippen LogP contribution in [0.2, 0.25) is 5.15 Å². The minimum Gasteiger partial charge on any atom is -0.244 e. The Morgan fingerprint density at radius 2 is 2.10 bits per heavy atom. The van der Waals surface area contributed by atoms with Gasteiger partial charge in [0.1, 0.15) is 5.15 Å². The van der Waals surface area contributed by atoms with Crippen molar-refractivity contribution in [2.45, 2.75) is 25.2 Å². The molecular formula is C17H14ClN3. The average molecular weight is 296 g/mol. The number of aromatic nitrogens is 3. The van der Waals surface area contributed by atoms with Gasteiger partial charge in [-0.25, -0.2) is 9.67 Å². The van der Waals surface area contributed by atoms with Crippen LogP contribution in [0.25, 0.3) is 16.6 Å². The maximum absolute atomic E-state index is 6.00. The van der Waals surface area contributed by atoms with Crippen molar-refractivity contribution in [3.63, 3.8) is 0 Å². The van der Waals surface area contributed by atoms with E-state index in [1.54, 1.807) is 6.20 Å². The molecule has 2 aliphatic carbocycles. The maximum Gasteiger partial charge on any atom is 0.131 e. The minimum atomic E-state index is 0.492. The molecule has 1 atom stereocenters. The second-order valence-electron chi connectivity index (χ2n) is 6.33. The number of benzene rings is 1. The smallest absolute Gasteiger partial charge is 0.131 e. The van der Waals surface area contributed by atoms with Crippen LogP contribution in [0.15, 0.2) is 42.7 Å². The zero-order chi connectivity index (χ0) is 14.0. The molecule has 104 valence electrons. The molecule has 5 rings (SSSR count). The van der Waals surface area contributed by atoms with Crippen LogP contribution < -0.4 is 0 Å². The van der Waals surface area contributed by atoms with E-state index in [-0.39, 0.29) is 0 Å². The monoisotopic (exact) mass is 295 g/mol. The van der Waals surface area contributed by atoms with Gasteiger partial charge in [0.15, 0.2) is 0 Å². The topological polar surface area (TPSA) is 30.7 Å². The van der Waals surface area contributed by atoms with Gasteiger partial charge in [-0.05, 0) is 48.3 Å². The summed E-state index contributed by atoms with van der Waals surface area (Å²) in [5, 5.41) is 6.17. The molecule has 0 aliphatic heterocycles. The quantitative estimate of drug-likeness (QED) is 0.658. The Morgan fingerprint density at radius 3 is 2.86 bits per heavy atom. The molecule has 4 heteroatoms. The molecule has 2 aliphatic rings. The van der Waals surface area contributed by atoms with E-state index in [0.29, 0.717) is 10.6 Å². The van der Waals surface area contributed by atoms with Crippen molar-refractivity contribution in [2.75, 3.05) is 0 Å². The van der Waals surface area contributed by atoms with Crippen LogP contribution in [0.5, 0.6) is 0 Å². The zero-order valence-corrected chi connectivity index (χ0v) is 12.2. The third kappa shape index (κ3) is 1.74. The molecule has 0 amide bonds. The lowest BCUT2D eigenvalue weighted by Crippen LogP contribution is -1.97. The van der Waals surface area contributed by atoms with Gasteiger partial charge in [0.25, 0.3) is 0 Å². The van der Waals surface area contributed by atoms with Gasteiger partial charge in [-0.15, -0.1) is 0 Å². The highest BCUT2D eigenvalue weighted by Gasteiger charge is 2.62. The summed E-state index contributed by atoms with van der Waals surface area (Å²) in [5.74, 6) is 0.770. The lowest BCUT2D eigenvalue weighted by molar-refractivity contribution is 0.839. The van der Waals surface area contributed by atoms with E-state index in [2.05, 4.69) is 28.3 Å². The average Bonchev–Trinajstić information content (AvgIpc) is 3.38. The molecule has 1 spiro atoms. The van der Waals surface area contributed by atoms with Crippen LogP contribution >= 0.6 is 11.6 Å². The summed E-state index contributed by atoms with van der Waals surface area (Å²) in [4.78, 5) is 4.04. The standard InChI is InChI=1S/C17H14ClN3/c18-16-8-13(3-6-19-16)21-15-7-11(1-2-12(15)10-20-21)14-9-17(14)4-5-17/h1-3,6-8,10,14H,4-5,9H2. The van der Waals surface area contributed by atoms with E-state index >= 15 is 0 Å². The largest absolute Gasteiger partial charge is 0.244 e. The van der Waals surface area contributed by atoms with E-state index in [0.717, 1.165) is 22.5 Å². The molecule has 21 heavy (non-hydrogen) atoms. The molecule has 0 radical (unpaired) electrons. The fraction of sp³-hybridized carbons (Fsp3) is 0.294. The fourth-order valence-electron chi connectivity index (χ4n) is 3.51. The molecule has 1 unspecified atom stereocenters. The molecule has 0 N–H and O–H groups in total. The van der Waals surface area contributed by atoms with Crippen LogP contribution in [0.1, 0.15) is 30.7 Å². The van der Waals surface area contributed by atoms with Crippen molar-refractivity contribution in [3.05, 3.63) is 53.4 Å². The van der Waals surface area contributed by atoms with Crippen molar-refractivity contribution < 1.29 is 0 Å². The van der Waals surface area contributed by atoms with E-state index in [9.17, 15) is 0 Å². The van der Waals surface area contributed by atoms with Gasteiger partial charge in [-0.3, -0.25) is 0 Å². The Bertz CT molecular complexity index is 863. The normalized spacial score (nSPS) is 21.9. The summed E-state index contributed by atoms with van der Waals surface area (Å²) >= 11 is 6.00. The lowest BCUT2D eigenvalue weighted by Gasteiger charge is -2.05. The van der Waals surface area contributed by atoms with Gasteiger partial charge in [0.05, 0.1) is 17.4 Å². The molecule has 1 aromatic carbocycles. The van der Waals surface area contributed by atoms with Crippen molar-refractivity contribution in [2.24, 2.45) is 5.41 Å². The second-order valence-corrected chi connectivity index (χ2v) is 6.72. The Hall–Kier alpha value is -1.87. The predicted molar refractivity (Wildman–Crippen MR) is 82.9 cm³/mol. The van der Waals surface area contributed by atoms with Crippen molar-refractivity contribution in [1.29, 1.82) is 0 Å². The van der Waals surface area contributed by atoms with Gasteiger partial charge in [-0.1, -0.05) is 23.7 Å². The van der Waals surface area contributed by atoms with E-state index in [4.69, 9.17) is 11.6 Å². The first-order valence-electron chi connectivity index (χ1n) is 7.35. The molecule has 2 heterocycles. The summed E-state index contributed by atoms with van der Waals surface area (Å²) in [5.41, 5.74) is 4.25. The summed E-state index contributed by atoms with van der Waals surface area (Å²) in [7, 11) is 0. The number of hydrogen-bond donors (Lipinski definition) is 0. The third-order valence-electron chi connectivity index (χ3n) is 5.03. The highest BCUT2D eigenvalue weighted by atomic mass is 35.5. The van der Waals surface area contributed by atoms with Crippen LogP contribution in [0.3, 0.4) is 0 Å². The SMILES string of the molecule is Clc1cc(-n2ncc3ccc(C4CC45CC5)cc32)ccn1. The number of hydrogen-bond acceptors (Lipinski definition) is 2. The molecule has 2 aromatic heterocycles. The van der Waals surface area contributed by atoms with E-state index < -0.39 is 0 Å². The summed E-state index contributed by atoms with van der Waals surface area (Å²) < 4.78 is 1.95. The predicted octanol–water partition coefficient (Wildman–Crippen LogP) is 4.34. The van der Waals surface area contributed by atoms with Crippen LogP contribution in [0, 0.1) is 5.41 Å². The van der Waals surface area contributed by atoms with Gasteiger partial charge >= 0.3 is 0 Å². The van der Waals surface area contributed by atoms with E-state index in [1.807, 2.05) is 23.0 Å². The lowest BCUT2D eigenvalue weighted by atomic mass is 10.1. The Morgan fingerprint density at radius 1 is 1.19 bits per heavy atom. The number of pyridine rings is 1. The number of nitrogens with zero attached hydrogens (tertiary/aromatic N) is 3. The van der Waals surface area contributed by atoms with Gasteiger partial charge in [0, 0.05) is 17.6 Å². The first-order valence-corrected chi connectivity index (χ1v) is 7.73. The summed E-state index contributed by atoms with van der Waals surface area (Å²) in [6, 6.07) is 10.5. The van der Waals surface area contributed by atoms with E-state index in [1.165, 1.54) is 24.8 Å². The van der Waals surface area contributed by atoms with Crippen molar-refractivity contribution in [1.82, 2.24) is 14.8 Å². The molecular weight excluding hydrogens is 282 g/mol.